The van der Waals surface area contributed by atoms with Crippen LogP contribution in [0.5, 0.6) is 17.2 Å². The van der Waals surface area contributed by atoms with Crippen molar-refractivity contribution in [2.24, 2.45) is 0 Å². The number of nitrogens with zero attached hydrogens (tertiary/aromatic N) is 1. The number of aromatic nitrogens is 1. The minimum Gasteiger partial charge on any atom is -0.493 e. The van der Waals surface area contributed by atoms with Crippen molar-refractivity contribution in [3.63, 3.8) is 0 Å². The van der Waals surface area contributed by atoms with Crippen molar-refractivity contribution >= 4 is 28.1 Å². The maximum Gasteiger partial charge on any atom is 0.344 e. The van der Waals surface area contributed by atoms with Crippen molar-refractivity contribution in [2.75, 3.05) is 20.8 Å². The van der Waals surface area contributed by atoms with Gasteiger partial charge in [0.25, 0.3) is 0 Å². The second-order valence-corrected chi connectivity index (χ2v) is 7.53. The van der Waals surface area contributed by atoms with Crippen LogP contribution in [0.4, 0.5) is 0 Å². The molecule has 0 radical (unpaired) electrons. The quantitative estimate of drug-likeness (QED) is 0.359. The predicted octanol–water partition coefficient (Wildman–Crippen LogP) is 5.10. The zero-order chi connectivity index (χ0) is 21.6. The van der Waals surface area contributed by atoms with E-state index in [0.717, 1.165) is 21.3 Å². The molecule has 6 nitrogen and oxygen atoms in total. The van der Waals surface area contributed by atoms with Gasteiger partial charge in [-0.3, -0.25) is 0 Å². The summed E-state index contributed by atoms with van der Waals surface area (Å²) in [5.41, 5.74) is 1.58. The summed E-state index contributed by atoms with van der Waals surface area (Å²) in [5.74, 6) is 1.46. The van der Waals surface area contributed by atoms with Crippen LogP contribution < -0.4 is 14.2 Å². The Morgan fingerprint density at radius 1 is 0.935 bits per heavy atom. The largest absolute Gasteiger partial charge is 0.493 e. The van der Waals surface area contributed by atoms with Gasteiger partial charge in [-0.2, -0.15) is 0 Å². The lowest BCUT2D eigenvalue weighted by atomic mass is 10.1. The number of methoxy groups -OCH3 is 2. The molecular formula is C24H21NO5S. The van der Waals surface area contributed by atoms with Gasteiger partial charge < -0.3 is 18.9 Å². The molecule has 0 bridgehead atoms. The van der Waals surface area contributed by atoms with Crippen molar-refractivity contribution in [1.29, 1.82) is 0 Å². The van der Waals surface area contributed by atoms with Gasteiger partial charge in [-0.25, -0.2) is 9.78 Å². The van der Waals surface area contributed by atoms with Gasteiger partial charge in [0, 0.05) is 10.9 Å². The molecule has 158 valence electrons. The van der Waals surface area contributed by atoms with E-state index < -0.39 is 5.97 Å². The van der Waals surface area contributed by atoms with Crippen LogP contribution in [0.15, 0.2) is 66.0 Å². The van der Waals surface area contributed by atoms with E-state index in [9.17, 15) is 4.79 Å². The zero-order valence-electron chi connectivity index (χ0n) is 17.2. The average molecular weight is 436 g/mol. The highest BCUT2D eigenvalue weighted by Gasteiger charge is 2.11. The maximum absolute atomic E-state index is 12.1. The molecule has 0 spiro atoms. The van der Waals surface area contributed by atoms with Crippen LogP contribution in [0.2, 0.25) is 0 Å². The molecule has 0 aliphatic heterocycles. The van der Waals surface area contributed by atoms with Gasteiger partial charge >= 0.3 is 5.97 Å². The molecule has 0 atom stereocenters. The number of rotatable bonds is 8. The number of carbonyl (C=O) groups excluding carboxylic acids is 1. The third kappa shape index (κ3) is 4.95. The molecule has 31 heavy (non-hydrogen) atoms. The first kappa shape index (κ1) is 20.7. The Balaban J connectivity index is 1.32. The number of carbonyl (C=O) groups is 1. The van der Waals surface area contributed by atoms with Crippen molar-refractivity contribution in [3.8, 4) is 27.8 Å². The Morgan fingerprint density at radius 2 is 1.74 bits per heavy atom. The first-order chi connectivity index (χ1) is 15.2. The van der Waals surface area contributed by atoms with E-state index in [1.807, 2.05) is 66.0 Å². The van der Waals surface area contributed by atoms with E-state index >= 15 is 0 Å². The van der Waals surface area contributed by atoms with Crippen molar-refractivity contribution in [1.82, 2.24) is 4.98 Å². The van der Waals surface area contributed by atoms with Gasteiger partial charge in [-0.05, 0) is 41.1 Å². The maximum atomic E-state index is 12.1. The summed E-state index contributed by atoms with van der Waals surface area (Å²) >= 11 is 1.47. The number of hydrogen-bond acceptors (Lipinski definition) is 7. The van der Waals surface area contributed by atoms with E-state index in [1.165, 1.54) is 11.3 Å². The number of fused-ring (bicyclic) bond motifs is 1. The Morgan fingerprint density at radius 3 is 2.55 bits per heavy atom. The molecular weight excluding hydrogens is 414 g/mol. The van der Waals surface area contributed by atoms with Crippen LogP contribution in [-0.2, 0) is 16.1 Å². The molecule has 0 N–H and O–H groups in total. The molecule has 4 aromatic rings. The summed E-state index contributed by atoms with van der Waals surface area (Å²) in [6.45, 7) is -0.0747. The van der Waals surface area contributed by atoms with Crippen LogP contribution in [-0.4, -0.2) is 31.8 Å². The molecule has 0 amide bonds. The standard InChI is InChI=1S/C24H21NO5S/c1-27-21-10-8-18(12-22(21)28-2)24-25-19(15-31-24)13-30-23(26)14-29-20-9-7-16-5-3-4-6-17(16)11-20/h3-12,15H,13-14H2,1-2H3. The third-order valence-corrected chi connectivity index (χ3v) is 5.58. The minimum atomic E-state index is -0.450. The fourth-order valence-corrected chi connectivity index (χ4v) is 3.87. The Kier molecular flexibility index (Phi) is 6.33. The number of ether oxygens (including phenoxy) is 4. The monoisotopic (exact) mass is 435 g/mol. The molecule has 1 aromatic heterocycles. The van der Waals surface area contributed by atoms with E-state index in [0.29, 0.717) is 22.9 Å². The minimum absolute atomic E-state index is 0.0870. The number of benzene rings is 3. The number of esters is 1. The van der Waals surface area contributed by atoms with Crippen LogP contribution in [0.3, 0.4) is 0 Å². The van der Waals surface area contributed by atoms with Crippen LogP contribution >= 0.6 is 11.3 Å². The summed E-state index contributed by atoms with van der Waals surface area (Å²) in [5, 5.41) is 4.84. The summed E-state index contributed by atoms with van der Waals surface area (Å²) < 4.78 is 21.5. The van der Waals surface area contributed by atoms with E-state index in [1.54, 1.807) is 14.2 Å². The van der Waals surface area contributed by atoms with E-state index in [-0.39, 0.29) is 13.2 Å². The lowest BCUT2D eigenvalue weighted by Crippen LogP contribution is -2.14. The van der Waals surface area contributed by atoms with Gasteiger partial charge in [0.1, 0.15) is 17.4 Å². The molecule has 0 fully saturated rings. The topological polar surface area (TPSA) is 66.9 Å². The van der Waals surface area contributed by atoms with Gasteiger partial charge in [-0.1, -0.05) is 30.3 Å². The summed E-state index contributed by atoms with van der Waals surface area (Å²) in [4.78, 5) is 16.6. The second kappa shape index (κ2) is 9.49. The van der Waals surface area contributed by atoms with Gasteiger partial charge in [0.2, 0.25) is 0 Å². The highest BCUT2D eigenvalue weighted by Crippen LogP contribution is 2.33. The molecule has 0 saturated heterocycles. The zero-order valence-corrected chi connectivity index (χ0v) is 18.0. The molecule has 7 heteroatoms. The summed E-state index contributed by atoms with van der Waals surface area (Å²) in [7, 11) is 3.19. The van der Waals surface area contributed by atoms with Gasteiger partial charge in [0.15, 0.2) is 18.1 Å². The molecule has 0 saturated carbocycles. The molecule has 0 aliphatic carbocycles. The Bertz CT molecular complexity index is 1200. The van der Waals surface area contributed by atoms with Gasteiger partial charge in [-0.15, -0.1) is 11.3 Å². The second-order valence-electron chi connectivity index (χ2n) is 6.67. The smallest absolute Gasteiger partial charge is 0.344 e. The van der Waals surface area contributed by atoms with Crippen molar-refractivity contribution in [3.05, 3.63) is 71.7 Å². The van der Waals surface area contributed by atoms with E-state index in [4.69, 9.17) is 18.9 Å². The Labute approximate surface area is 184 Å². The third-order valence-electron chi connectivity index (χ3n) is 4.64. The van der Waals surface area contributed by atoms with Crippen molar-refractivity contribution < 1.29 is 23.7 Å². The molecule has 0 unspecified atom stereocenters. The normalized spacial score (nSPS) is 10.6. The molecule has 0 aliphatic rings. The first-order valence-corrected chi connectivity index (χ1v) is 10.5. The highest BCUT2D eigenvalue weighted by atomic mass is 32.1. The van der Waals surface area contributed by atoms with E-state index in [2.05, 4.69) is 4.98 Å². The fraction of sp³-hybridized carbons (Fsp3) is 0.167. The first-order valence-electron chi connectivity index (χ1n) is 9.60. The van der Waals surface area contributed by atoms with Gasteiger partial charge in [0.05, 0.1) is 19.9 Å². The lowest BCUT2D eigenvalue weighted by molar-refractivity contribution is -0.147. The fourth-order valence-electron chi connectivity index (χ4n) is 3.07. The average Bonchev–Trinajstić information content (AvgIpc) is 3.30. The SMILES string of the molecule is COc1ccc(-c2nc(COC(=O)COc3ccc4ccccc4c3)cs2)cc1OC. The summed E-state index contributed by atoms with van der Waals surface area (Å²) in [6.07, 6.45) is 0. The number of thiazole rings is 1. The molecule has 4 rings (SSSR count). The highest BCUT2D eigenvalue weighted by molar-refractivity contribution is 7.13. The Hall–Kier alpha value is -3.58. The lowest BCUT2D eigenvalue weighted by Gasteiger charge is -2.08. The molecule has 3 aromatic carbocycles. The van der Waals surface area contributed by atoms with Crippen LogP contribution in [0.1, 0.15) is 5.69 Å². The number of hydrogen-bond donors (Lipinski definition) is 0. The predicted molar refractivity (Wildman–Crippen MR) is 120 cm³/mol. The molecule has 1 heterocycles. The summed E-state index contributed by atoms with van der Waals surface area (Å²) in [6, 6.07) is 19.3. The van der Waals surface area contributed by atoms with Crippen LogP contribution in [0, 0.1) is 0 Å². The van der Waals surface area contributed by atoms with Crippen LogP contribution in [0.25, 0.3) is 21.3 Å². The van der Waals surface area contributed by atoms with Crippen molar-refractivity contribution in [2.45, 2.75) is 6.61 Å².